The number of halogens is 4. The molecule has 1 amide bonds. The van der Waals surface area contributed by atoms with E-state index in [1.54, 1.807) is 30.3 Å². The summed E-state index contributed by atoms with van der Waals surface area (Å²) >= 11 is 12.7. The van der Waals surface area contributed by atoms with Crippen LogP contribution in [0.15, 0.2) is 68.6 Å². The van der Waals surface area contributed by atoms with Gasteiger partial charge in [-0.25, -0.2) is 14.6 Å². The first kappa shape index (κ1) is 24.9. The third kappa shape index (κ3) is 7.12. The highest BCUT2D eigenvalue weighted by Gasteiger charge is 2.16. The Bertz CT molecular complexity index is 1240. The van der Waals surface area contributed by atoms with E-state index in [0.717, 1.165) is 11.6 Å². The average Bonchev–Trinajstić information content (AvgIpc) is 2.76. The van der Waals surface area contributed by atoms with E-state index in [2.05, 4.69) is 42.4 Å². The number of aryl methyl sites for hydroxylation is 1. The van der Waals surface area contributed by atoms with Crippen molar-refractivity contribution in [3.05, 3.63) is 91.1 Å². The molecular weight excluding hydrogens is 583 g/mol. The van der Waals surface area contributed by atoms with Crippen molar-refractivity contribution in [2.24, 2.45) is 5.10 Å². The minimum Gasteiger partial charge on any atom is -0.484 e. The monoisotopic (exact) mass is 596 g/mol. The molecule has 0 atom stereocenters. The van der Waals surface area contributed by atoms with Gasteiger partial charge in [-0.15, -0.1) is 0 Å². The molecule has 10 heteroatoms. The summed E-state index contributed by atoms with van der Waals surface area (Å²) in [5.41, 5.74) is 3.61. The van der Waals surface area contributed by atoms with Crippen LogP contribution in [-0.4, -0.2) is 24.7 Å². The highest BCUT2D eigenvalue weighted by molar-refractivity contribution is 9.11. The van der Waals surface area contributed by atoms with E-state index in [1.165, 1.54) is 24.4 Å². The Hall–Kier alpha value is -2.75. The molecule has 0 fully saturated rings. The van der Waals surface area contributed by atoms with Gasteiger partial charge in [-0.1, -0.05) is 33.6 Å². The van der Waals surface area contributed by atoms with Gasteiger partial charge in [-0.3, -0.25) is 4.79 Å². The van der Waals surface area contributed by atoms with Gasteiger partial charge in [0.1, 0.15) is 11.6 Å². The zero-order valence-electron chi connectivity index (χ0n) is 17.1. The van der Waals surface area contributed by atoms with E-state index in [0.29, 0.717) is 25.3 Å². The summed E-state index contributed by atoms with van der Waals surface area (Å²) in [6.07, 6.45) is 1.31. The summed E-state index contributed by atoms with van der Waals surface area (Å²) in [4.78, 5) is 24.5. The zero-order chi connectivity index (χ0) is 24.0. The maximum absolute atomic E-state index is 13.4. The van der Waals surface area contributed by atoms with Crippen LogP contribution in [0.2, 0.25) is 5.02 Å². The normalized spacial score (nSPS) is 10.8. The van der Waals surface area contributed by atoms with Gasteiger partial charge >= 0.3 is 5.97 Å². The number of nitrogens with one attached hydrogen (secondary N) is 1. The molecule has 3 aromatic carbocycles. The lowest BCUT2D eigenvalue weighted by Crippen LogP contribution is -2.24. The van der Waals surface area contributed by atoms with Gasteiger partial charge in [0.15, 0.2) is 12.4 Å². The van der Waals surface area contributed by atoms with Crippen LogP contribution < -0.4 is 14.9 Å². The fraction of sp³-hybridized carbons (Fsp3) is 0.0870. The molecule has 0 radical (unpaired) electrons. The minimum atomic E-state index is -0.747. The third-order valence-corrected chi connectivity index (χ3v) is 5.66. The number of carbonyl (C=O) groups is 2. The number of hydrazone groups is 1. The second-order valence-corrected chi connectivity index (χ2v) is 8.88. The number of benzene rings is 3. The Morgan fingerprint density at radius 3 is 2.67 bits per heavy atom. The fourth-order valence-electron chi connectivity index (χ4n) is 2.61. The first-order valence-corrected chi connectivity index (χ1v) is 11.4. The van der Waals surface area contributed by atoms with Crippen LogP contribution in [0.25, 0.3) is 0 Å². The molecule has 33 heavy (non-hydrogen) atoms. The largest absolute Gasteiger partial charge is 0.484 e. The molecule has 0 aliphatic rings. The van der Waals surface area contributed by atoms with Gasteiger partial charge in [0.25, 0.3) is 5.91 Å². The summed E-state index contributed by atoms with van der Waals surface area (Å²) in [7, 11) is 0. The predicted octanol–water partition coefficient (Wildman–Crippen LogP) is 6.06. The minimum absolute atomic E-state index is 0.0515. The standard InChI is InChI=1S/C23H16Br2ClFN2O4/c1-13-7-18(5-6-20(13)26)32-12-21(30)29-28-11-15-8-16(24)10-19(25)22(15)33-23(31)14-3-2-4-17(27)9-14/h2-11H,12H2,1H3,(H,29,30)/b28-11+. The lowest BCUT2D eigenvalue weighted by atomic mass is 10.2. The summed E-state index contributed by atoms with van der Waals surface area (Å²) in [6.45, 7) is 1.57. The molecule has 0 spiro atoms. The van der Waals surface area contributed by atoms with Crippen LogP contribution in [0.1, 0.15) is 21.5 Å². The van der Waals surface area contributed by atoms with Crippen molar-refractivity contribution in [2.45, 2.75) is 6.92 Å². The summed E-state index contributed by atoms with van der Waals surface area (Å²) < 4.78 is 25.4. The van der Waals surface area contributed by atoms with Crippen LogP contribution in [0.3, 0.4) is 0 Å². The summed E-state index contributed by atoms with van der Waals surface area (Å²) in [6, 6.07) is 13.5. The van der Waals surface area contributed by atoms with Gasteiger partial charge in [-0.2, -0.15) is 5.10 Å². The number of rotatable bonds is 7. The third-order valence-electron chi connectivity index (χ3n) is 4.18. The van der Waals surface area contributed by atoms with Crippen molar-refractivity contribution in [1.82, 2.24) is 5.43 Å². The van der Waals surface area contributed by atoms with Gasteiger partial charge < -0.3 is 9.47 Å². The molecule has 0 aromatic heterocycles. The molecule has 0 heterocycles. The van der Waals surface area contributed by atoms with Crippen molar-refractivity contribution in [3.63, 3.8) is 0 Å². The predicted molar refractivity (Wildman–Crippen MR) is 131 cm³/mol. The van der Waals surface area contributed by atoms with Gasteiger partial charge in [0.05, 0.1) is 16.3 Å². The zero-order valence-corrected chi connectivity index (χ0v) is 21.0. The Morgan fingerprint density at radius 1 is 1.15 bits per heavy atom. The molecule has 0 saturated carbocycles. The van der Waals surface area contributed by atoms with Crippen molar-refractivity contribution in [1.29, 1.82) is 0 Å². The molecule has 0 saturated heterocycles. The van der Waals surface area contributed by atoms with Crippen LogP contribution in [-0.2, 0) is 4.79 Å². The molecule has 3 aromatic rings. The Kier molecular flexibility index (Phi) is 8.60. The van der Waals surface area contributed by atoms with E-state index in [4.69, 9.17) is 21.1 Å². The van der Waals surface area contributed by atoms with E-state index in [1.807, 2.05) is 6.92 Å². The highest BCUT2D eigenvalue weighted by Crippen LogP contribution is 2.32. The molecule has 0 unspecified atom stereocenters. The number of hydrogen-bond acceptors (Lipinski definition) is 5. The number of amides is 1. The van der Waals surface area contributed by atoms with Crippen LogP contribution in [0.5, 0.6) is 11.5 Å². The van der Waals surface area contributed by atoms with Crippen molar-refractivity contribution in [3.8, 4) is 11.5 Å². The second-order valence-electron chi connectivity index (χ2n) is 6.70. The summed E-state index contributed by atoms with van der Waals surface area (Å²) in [5, 5.41) is 4.51. The number of hydrogen-bond donors (Lipinski definition) is 1. The SMILES string of the molecule is Cc1cc(OCC(=O)N/N=C/c2cc(Br)cc(Br)c2OC(=O)c2cccc(F)c2)ccc1Cl. The average molecular weight is 599 g/mol. The van der Waals surface area contributed by atoms with E-state index in [-0.39, 0.29) is 17.9 Å². The first-order valence-electron chi connectivity index (χ1n) is 9.40. The van der Waals surface area contributed by atoms with Crippen LogP contribution in [0.4, 0.5) is 4.39 Å². The van der Waals surface area contributed by atoms with Crippen LogP contribution in [0, 0.1) is 12.7 Å². The van der Waals surface area contributed by atoms with Crippen molar-refractivity contribution in [2.75, 3.05) is 6.61 Å². The van der Waals surface area contributed by atoms with Crippen LogP contribution >= 0.6 is 43.5 Å². The lowest BCUT2D eigenvalue weighted by molar-refractivity contribution is -0.123. The van der Waals surface area contributed by atoms with Gasteiger partial charge in [0, 0.05) is 15.1 Å². The van der Waals surface area contributed by atoms with Gasteiger partial charge in [0.2, 0.25) is 0 Å². The number of ether oxygens (including phenoxy) is 2. The molecule has 1 N–H and O–H groups in total. The van der Waals surface area contributed by atoms with E-state index < -0.39 is 17.7 Å². The van der Waals surface area contributed by atoms with E-state index >= 15 is 0 Å². The molecule has 170 valence electrons. The maximum atomic E-state index is 13.4. The van der Waals surface area contributed by atoms with Crippen molar-refractivity contribution >= 4 is 61.6 Å². The van der Waals surface area contributed by atoms with Gasteiger partial charge in [-0.05, 0) is 76.9 Å². The Balaban J connectivity index is 1.67. The lowest BCUT2D eigenvalue weighted by Gasteiger charge is -2.11. The summed E-state index contributed by atoms with van der Waals surface area (Å²) in [5.74, 6) is -1.15. The molecule has 6 nitrogen and oxygen atoms in total. The molecule has 0 aliphatic carbocycles. The first-order chi connectivity index (χ1) is 15.7. The fourth-order valence-corrected chi connectivity index (χ4v) is 4.07. The van der Waals surface area contributed by atoms with E-state index in [9.17, 15) is 14.0 Å². The molecule has 3 rings (SSSR count). The van der Waals surface area contributed by atoms with Crippen molar-refractivity contribution < 1.29 is 23.5 Å². The maximum Gasteiger partial charge on any atom is 0.343 e. The number of nitrogens with zero attached hydrogens (tertiary/aromatic N) is 1. The molecule has 0 aliphatic heterocycles. The molecule has 0 bridgehead atoms. The smallest absolute Gasteiger partial charge is 0.343 e. The second kappa shape index (κ2) is 11.4. The Labute approximate surface area is 211 Å². The quantitative estimate of drug-likeness (QED) is 0.155. The molecular formula is C23H16Br2ClFN2O4. The topological polar surface area (TPSA) is 77.0 Å². The highest BCUT2D eigenvalue weighted by atomic mass is 79.9. The Morgan fingerprint density at radius 2 is 1.94 bits per heavy atom. The number of esters is 1. The number of carbonyl (C=O) groups excluding carboxylic acids is 2.